The lowest BCUT2D eigenvalue weighted by Crippen LogP contribution is -2.30. The van der Waals surface area contributed by atoms with Crippen molar-refractivity contribution in [2.75, 3.05) is 5.32 Å². The Hall–Kier alpha value is -2.99. The van der Waals surface area contributed by atoms with Crippen LogP contribution in [0.5, 0.6) is 0 Å². The highest BCUT2D eigenvalue weighted by Gasteiger charge is 2.20. The van der Waals surface area contributed by atoms with Crippen molar-refractivity contribution in [3.8, 4) is 0 Å². The van der Waals surface area contributed by atoms with Crippen molar-refractivity contribution in [1.29, 1.82) is 0 Å². The predicted octanol–water partition coefficient (Wildman–Crippen LogP) is 3.47. The van der Waals surface area contributed by atoms with Gasteiger partial charge in [-0.05, 0) is 31.2 Å². The first-order valence-electron chi connectivity index (χ1n) is 7.52. The topological polar surface area (TPSA) is 81.2 Å². The van der Waals surface area contributed by atoms with Gasteiger partial charge in [-0.25, -0.2) is 14.8 Å². The molecule has 0 aliphatic rings. The van der Waals surface area contributed by atoms with Crippen LogP contribution in [-0.2, 0) is 9.53 Å². The lowest BCUT2D eigenvalue weighted by atomic mass is 10.2. The molecule has 0 saturated carbocycles. The smallest absolute Gasteiger partial charge is 0.357 e. The van der Waals surface area contributed by atoms with Gasteiger partial charge in [0.15, 0.2) is 6.10 Å². The van der Waals surface area contributed by atoms with Gasteiger partial charge in [0, 0.05) is 11.6 Å². The summed E-state index contributed by atoms with van der Waals surface area (Å²) in [5.74, 6) is -0.845. The predicted molar refractivity (Wildman–Crippen MR) is 94.5 cm³/mol. The van der Waals surface area contributed by atoms with Gasteiger partial charge in [-0.3, -0.25) is 4.79 Å². The Balaban J connectivity index is 1.66. The summed E-state index contributed by atoms with van der Waals surface area (Å²) in [4.78, 5) is 32.5. The highest BCUT2D eigenvalue weighted by Crippen LogP contribution is 2.14. The van der Waals surface area contributed by atoms with E-state index in [1.54, 1.807) is 30.3 Å². The summed E-state index contributed by atoms with van der Waals surface area (Å²) in [5, 5.41) is 3.92. The van der Waals surface area contributed by atoms with Crippen molar-refractivity contribution in [1.82, 2.24) is 9.97 Å². The van der Waals surface area contributed by atoms with Crippen LogP contribution >= 0.6 is 11.6 Å². The Morgan fingerprint density at radius 2 is 1.92 bits per heavy atom. The van der Waals surface area contributed by atoms with Gasteiger partial charge in [-0.15, -0.1) is 0 Å². The molecule has 1 unspecified atom stereocenters. The van der Waals surface area contributed by atoms with Crippen LogP contribution in [0.1, 0.15) is 17.4 Å². The lowest BCUT2D eigenvalue weighted by molar-refractivity contribution is -0.123. The molecular weight excluding hydrogens is 342 g/mol. The highest BCUT2D eigenvalue weighted by molar-refractivity contribution is 6.30. The molecule has 0 radical (unpaired) electrons. The third-order valence-corrected chi connectivity index (χ3v) is 3.66. The molecule has 3 aromatic rings. The standard InChI is InChI=1S/C18H14ClN3O3/c1-11(17(23)22-16-9-7-13(19)10-20-16)25-18(24)15-8-6-12-4-2-3-5-14(12)21-15/h2-11H,1H3,(H,20,22,23). The highest BCUT2D eigenvalue weighted by atomic mass is 35.5. The van der Waals surface area contributed by atoms with Crippen molar-refractivity contribution in [3.05, 3.63) is 65.4 Å². The van der Waals surface area contributed by atoms with E-state index < -0.39 is 18.0 Å². The number of fused-ring (bicyclic) bond motifs is 1. The summed E-state index contributed by atoms with van der Waals surface area (Å²) in [6, 6.07) is 13.9. The van der Waals surface area contributed by atoms with Gasteiger partial charge in [0.25, 0.3) is 5.91 Å². The number of hydrogen-bond acceptors (Lipinski definition) is 5. The van der Waals surface area contributed by atoms with Crippen molar-refractivity contribution in [3.63, 3.8) is 0 Å². The number of anilines is 1. The van der Waals surface area contributed by atoms with E-state index in [4.69, 9.17) is 16.3 Å². The fourth-order valence-corrected chi connectivity index (χ4v) is 2.24. The Morgan fingerprint density at radius 1 is 1.12 bits per heavy atom. The van der Waals surface area contributed by atoms with Gasteiger partial charge >= 0.3 is 5.97 Å². The molecule has 0 spiro atoms. The number of carbonyl (C=O) groups is 2. The molecule has 126 valence electrons. The zero-order valence-corrected chi connectivity index (χ0v) is 14.0. The number of halogens is 1. The molecule has 0 aliphatic heterocycles. The number of nitrogens with one attached hydrogen (secondary N) is 1. The fourth-order valence-electron chi connectivity index (χ4n) is 2.13. The van der Waals surface area contributed by atoms with E-state index in [2.05, 4.69) is 15.3 Å². The molecule has 1 amide bonds. The van der Waals surface area contributed by atoms with Crippen LogP contribution in [0.15, 0.2) is 54.7 Å². The van der Waals surface area contributed by atoms with E-state index in [1.807, 2.05) is 18.2 Å². The second-order valence-corrected chi connectivity index (χ2v) is 5.72. The van der Waals surface area contributed by atoms with Gasteiger partial charge in [0.05, 0.1) is 10.5 Å². The number of amides is 1. The first kappa shape index (κ1) is 16.9. The summed E-state index contributed by atoms with van der Waals surface area (Å²) in [6.45, 7) is 1.48. The number of pyridine rings is 2. The minimum absolute atomic E-state index is 0.142. The van der Waals surface area contributed by atoms with Crippen LogP contribution in [0.25, 0.3) is 10.9 Å². The minimum atomic E-state index is -1.00. The normalized spacial score (nSPS) is 11.8. The first-order valence-corrected chi connectivity index (χ1v) is 7.90. The maximum absolute atomic E-state index is 12.2. The Labute approximate surface area is 148 Å². The van der Waals surface area contributed by atoms with Crippen LogP contribution in [0.2, 0.25) is 5.02 Å². The van der Waals surface area contributed by atoms with Crippen molar-refractivity contribution in [2.45, 2.75) is 13.0 Å². The molecule has 1 aromatic carbocycles. The summed E-state index contributed by atoms with van der Waals surface area (Å²) in [6.07, 6.45) is 0.408. The summed E-state index contributed by atoms with van der Waals surface area (Å²) < 4.78 is 5.18. The molecule has 7 heteroatoms. The number of hydrogen-bond donors (Lipinski definition) is 1. The third kappa shape index (κ3) is 4.10. The van der Waals surface area contributed by atoms with Gasteiger partial charge < -0.3 is 10.1 Å². The average Bonchev–Trinajstić information content (AvgIpc) is 2.63. The molecule has 0 fully saturated rings. The SMILES string of the molecule is CC(OC(=O)c1ccc2ccccc2n1)C(=O)Nc1ccc(Cl)cn1. The maximum atomic E-state index is 12.2. The number of esters is 1. The third-order valence-electron chi connectivity index (χ3n) is 3.44. The number of benzene rings is 1. The zero-order chi connectivity index (χ0) is 17.8. The Bertz CT molecular complexity index is 928. The number of nitrogens with zero attached hydrogens (tertiary/aromatic N) is 2. The molecule has 25 heavy (non-hydrogen) atoms. The summed E-state index contributed by atoms with van der Waals surface area (Å²) >= 11 is 5.74. The van der Waals surface area contributed by atoms with E-state index >= 15 is 0 Å². The van der Waals surface area contributed by atoms with Crippen molar-refractivity contribution < 1.29 is 14.3 Å². The fraction of sp³-hybridized carbons (Fsp3) is 0.111. The maximum Gasteiger partial charge on any atom is 0.357 e. The largest absolute Gasteiger partial charge is 0.448 e. The van der Waals surface area contributed by atoms with Crippen LogP contribution in [0.3, 0.4) is 0 Å². The molecule has 0 aliphatic carbocycles. The Morgan fingerprint density at radius 3 is 2.68 bits per heavy atom. The van der Waals surface area contributed by atoms with Gasteiger partial charge in [-0.2, -0.15) is 0 Å². The van der Waals surface area contributed by atoms with Crippen LogP contribution in [0, 0.1) is 0 Å². The molecule has 1 atom stereocenters. The number of rotatable bonds is 4. The Kier molecular flexibility index (Phi) is 4.90. The van der Waals surface area contributed by atoms with E-state index in [-0.39, 0.29) is 5.69 Å². The molecule has 6 nitrogen and oxygen atoms in total. The lowest BCUT2D eigenvalue weighted by Gasteiger charge is -2.13. The number of ether oxygens (including phenoxy) is 1. The molecule has 0 saturated heterocycles. The van der Waals surface area contributed by atoms with Crippen molar-refractivity contribution in [2.24, 2.45) is 0 Å². The van der Waals surface area contributed by atoms with E-state index in [1.165, 1.54) is 13.1 Å². The number of aromatic nitrogens is 2. The van der Waals surface area contributed by atoms with Crippen LogP contribution in [-0.4, -0.2) is 27.9 Å². The molecule has 2 aromatic heterocycles. The van der Waals surface area contributed by atoms with Gasteiger partial charge in [0.1, 0.15) is 11.5 Å². The second kappa shape index (κ2) is 7.27. The quantitative estimate of drug-likeness (QED) is 0.725. The van der Waals surface area contributed by atoms with Gasteiger partial charge in [-0.1, -0.05) is 35.9 Å². The molecule has 3 rings (SSSR count). The van der Waals surface area contributed by atoms with Gasteiger partial charge in [0.2, 0.25) is 0 Å². The molecule has 0 bridgehead atoms. The molecule has 2 heterocycles. The van der Waals surface area contributed by atoms with E-state index in [0.717, 1.165) is 5.39 Å². The number of para-hydroxylation sites is 1. The zero-order valence-electron chi connectivity index (χ0n) is 13.3. The molecular formula is C18H14ClN3O3. The number of carbonyl (C=O) groups excluding carboxylic acids is 2. The minimum Gasteiger partial charge on any atom is -0.448 e. The second-order valence-electron chi connectivity index (χ2n) is 5.29. The van der Waals surface area contributed by atoms with Crippen LogP contribution < -0.4 is 5.32 Å². The monoisotopic (exact) mass is 355 g/mol. The summed E-state index contributed by atoms with van der Waals surface area (Å²) in [7, 11) is 0. The molecule has 1 N–H and O–H groups in total. The summed E-state index contributed by atoms with van der Waals surface area (Å²) in [5.41, 5.74) is 0.822. The van der Waals surface area contributed by atoms with Crippen molar-refractivity contribution >= 4 is 40.2 Å². The van der Waals surface area contributed by atoms with E-state index in [9.17, 15) is 9.59 Å². The average molecular weight is 356 g/mol. The first-order chi connectivity index (χ1) is 12.0. The van der Waals surface area contributed by atoms with E-state index in [0.29, 0.717) is 16.4 Å². The van der Waals surface area contributed by atoms with Crippen LogP contribution in [0.4, 0.5) is 5.82 Å².